The highest BCUT2D eigenvalue weighted by molar-refractivity contribution is 9.09. The standard InChI is InChI=1S/C11H20BrNO3/c1-8-7-15-6-5-13(8)9(12)10(14)16-11(2,3)4/h8-9H,5-7H2,1-4H3/t8-,9?/m0/s1. The van der Waals surface area contributed by atoms with Crippen LogP contribution in [0, 0.1) is 0 Å². The fourth-order valence-electron chi connectivity index (χ4n) is 1.56. The van der Waals surface area contributed by atoms with E-state index >= 15 is 0 Å². The zero-order valence-corrected chi connectivity index (χ0v) is 11.9. The van der Waals surface area contributed by atoms with Crippen LogP contribution in [0.25, 0.3) is 0 Å². The summed E-state index contributed by atoms with van der Waals surface area (Å²) >= 11 is 3.39. The molecule has 16 heavy (non-hydrogen) atoms. The molecule has 1 aliphatic heterocycles. The van der Waals surface area contributed by atoms with E-state index in [0.717, 1.165) is 6.54 Å². The van der Waals surface area contributed by atoms with Gasteiger partial charge in [0, 0.05) is 12.6 Å². The van der Waals surface area contributed by atoms with E-state index in [2.05, 4.69) is 20.8 Å². The molecule has 94 valence electrons. The van der Waals surface area contributed by atoms with Crippen molar-refractivity contribution in [1.82, 2.24) is 4.90 Å². The Balaban J connectivity index is 2.55. The predicted molar refractivity (Wildman–Crippen MR) is 65.5 cm³/mol. The molecule has 0 radical (unpaired) electrons. The summed E-state index contributed by atoms with van der Waals surface area (Å²) in [5.74, 6) is -0.235. The van der Waals surface area contributed by atoms with E-state index in [0.29, 0.717) is 13.2 Å². The lowest BCUT2D eigenvalue weighted by molar-refractivity contribution is -0.159. The summed E-state index contributed by atoms with van der Waals surface area (Å²) in [6.07, 6.45) is 0. The van der Waals surface area contributed by atoms with Crippen molar-refractivity contribution >= 4 is 21.9 Å². The number of ether oxygens (including phenoxy) is 2. The van der Waals surface area contributed by atoms with Gasteiger partial charge in [-0.05, 0) is 27.7 Å². The lowest BCUT2D eigenvalue weighted by Crippen LogP contribution is -2.51. The zero-order valence-electron chi connectivity index (χ0n) is 10.3. The second-order valence-electron chi connectivity index (χ2n) is 5.03. The number of nitrogens with zero attached hydrogens (tertiary/aromatic N) is 1. The van der Waals surface area contributed by atoms with Gasteiger partial charge < -0.3 is 9.47 Å². The van der Waals surface area contributed by atoms with Gasteiger partial charge in [0.25, 0.3) is 0 Å². The molecule has 1 saturated heterocycles. The molecule has 1 heterocycles. The molecule has 0 spiro atoms. The minimum atomic E-state index is -0.446. The topological polar surface area (TPSA) is 38.8 Å². The highest BCUT2D eigenvalue weighted by atomic mass is 79.9. The molecule has 4 nitrogen and oxygen atoms in total. The van der Waals surface area contributed by atoms with Gasteiger partial charge in [-0.25, -0.2) is 4.79 Å². The maximum Gasteiger partial charge on any atom is 0.335 e. The largest absolute Gasteiger partial charge is 0.458 e. The lowest BCUT2D eigenvalue weighted by atomic mass is 10.2. The molecule has 1 rings (SSSR count). The van der Waals surface area contributed by atoms with Crippen molar-refractivity contribution in [2.75, 3.05) is 19.8 Å². The van der Waals surface area contributed by atoms with Crippen LogP contribution >= 0.6 is 15.9 Å². The fourth-order valence-corrected chi connectivity index (χ4v) is 2.26. The first-order chi connectivity index (χ1) is 7.31. The summed E-state index contributed by atoms with van der Waals surface area (Å²) in [4.78, 5) is 13.5. The van der Waals surface area contributed by atoms with Crippen molar-refractivity contribution in [3.05, 3.63) is 0 Å². The van der Waals surface area contributed by atoms with Gasteiger partial charge in [0.05, 0.1) is 13.2 Å². The maximum atomic E-state index is 11.9. The fraction of sp³-hybridized carbons (Fsp3) is 0.909. The second-order valence-corrected chi connectivity index (χ2v) is 5.90. The van der Waals surface area contributed by atoms with Crippen LogP contribution in [-0.4, -0.2) is 47.2 Å². The minimum Gasteiger partial charge on any atom is -0.458 e. The average Bonchev–Trinajstić information content (AvgIpc) is 2.15. The number of hydrogen-bond acceptors (Lipinski definition) is 4. The quantitative estimate of drug-likeness (QED) is 0.442. The third-order valence-electron chi connectivity index (χ3n) is 2.31. The molecule has 0 aromatic rings. The summed E-state index contributed by atoms with van der Waals surface area (Å²) in [5, 5.41) is 0. The van der Waals surface area contributed by atoms with Crippen LogP contribution in [0.15, 0.2) is 0 Å². The Kier molecular flexibility index (Phi) is 4.76. The van der Waals surface area contributed by atoms with Crippen LogP contribution in [0.2, 0.25) is 0 Å². The molecule has 0 N–H and O–H groups in total. The Morgan fingerprint density at radius 3 is 2.69 bits per heavy atom. The molecule has 1 fully saturated rings. The number of carbonyl (C=O) groups is 1. The molecule has 0 aromatic carbocycles. The number of carbonyl (C=O) groups excluding carboxylic acids is 1. The molecular formula is C11H20BrNO3. The molecule has 5 heteroatoms. The molecule has 0 bridgehead atoms. The van der Waals surface area contributed by atoms with E-state index in [1.165, 1.54) is 0 Å². The summed E-state index contributed by atoms with van der Waals surface area (Å²) in [6.45, 7) is 9.71. The number of rotatable bonds is 2. The number of esters is 1. The van der Waals surface area contributed by atoms with Gasteiger partial charge in [0.1, 0.15) is 5.60 Å². The molecule has 1 aliphatic rings. The monoisotopic (exact) mass is 293 g/mol. The Morgan fingerprint density at radius 2 is 2.19 bits per heavy atom. The van der Waals surface area contributed by atoms with Crippen LogP contribution in [-0.2, 0) is 14.3 Å². The second kappa shape index (κ2) is 5.47. The average molecular weight is 294 g/mol. The van der Waals surface area contributed by atoms with E-state index in [-0.39, 0.29) is 17.0 Å². The van der Waals surface area contributed by atoms with Crippen molar-refractivity contribution in [3.8, 4) is 0 Å². The van der Waals surface area contributed by atoms with Gasteiger partial charge in [0.15, 0.2) is 4.95 Å². The predicted octanol–water partition coefficient (Wildman–Crippen LogP) is 1.77. The summed E-state index contributed by atoms with van der Waals surface area (Å²) < 4.78 is 10.7. The van der Waals surface area contributed by atoms with Crippen LogP contribution in [0.5, 0.6) is 0 Å². The van der Waals surface area contributed by atoms with Crippen molar-refractivity contribution in [2.24, 2.45) is 0 Å². The van der Waals surface area contributed by atoms with Gasteiger partial charge in [-0.1, -0.05) is 15.9 Å². The Morgan fingerprint density at radius 1 is 1.56 bits per heavy atom. The summed E-state index contributed by atoms with van der Waals surface area (Å²) in [5.41, 5.74) is -0.446. The van der Waals surface area contributed by atoms with Gasteiger partial charge >= 0.3 is 5.97 Å². The smallest absolute Gasteiger partial charge is 0.335 e. The number of morpholine rings is 1. The first kappa shape index (κ1) is 13.9. The van der Waals surface area contributed by atoms with E-state index in [4.69, 9.17) is 9.47 Å². The minimum absolute atomic E-state index is 0.227. The Bertz CT molecular complexity index is 252. The van der Waals surface area contributed by atoms with Gasteiger partial charge in [0.2, 0.25) is 0 Å². The van der Waals surface area contributed by atoms with Crippen molar-refractivity contribution in [1.29, 1.82) is 0 Å². The van der Waals surface area contributed by atoms with Crippen LogP contribution in [0.3, 0.4) is 0 Å². The van der Waals surface area contributed by atoms with E-state index in [1.54, 1.807) is 0 Å². The van der Waals surface area contributed by atoms with Crippen molar-refractivity contribution in [2.45, 2.75) is 44.3 Å². The lowest BCUT2D eigenvalue weighted by Gasteiger charge is -2.36. The normalized spacial score (nSPS) is 25.2. The first-order valence-electron chi connectivity index (χ1n) is 5.51. The highest BCUT2D eigenvalue weighted by Crippen LogP contribution is 2.19. The number of hydrogen-bond donors (Lipinski definition) is 0. The first-order valence-corrected chi connectivity index (χ1v) is 6.43. The Hall–Kier alpha value is -0.130. The maximum absolute atomic E-state index is 11.9. The molecule has 0 amide bonds. The van der Waals surface area contributed by atoms with Crippen LogP contribution in [0.1, 0.15) is 27.7 Å². The van der Waals surface area contributed by atoms with E-state index in [9.17, 15) is 4.79 Å². The van der Waals surface area contributed by atoms with Gasteiger partial charge in [-0.3, -0.25) is 4.90 Å². The molecule has 0 aromatic heterocycles. The van der Waals surface area contributed by atoms with E-state index < -0.39 is 5.60 Å². The number of alkyl halides is 1. The van der Waals surface area contributed by atoms with Crippen molar-refractivity contribution in [3.63, 3.8) is 0 Å². The molecule has 2 atom stereocenters. The molecule has 0 saturated carbocycles. The van der Waals surface area contributed by atoms with Crippen molar-refractivity contribution < 1.29 is 14.3 Å². The summed E-state index contributed by atoms with van der Waals surface area (Å²) in [7, 11) is 0. The van der Waals surface area contributed by atoms with Gasteiger partial charge in [-0.15, -0.1) is 0 Å². The third kappa shape index (κ3) is 4.03. The van der Waals surface area contributed by atoms with E-state index in [1.807, 2.05) is 27.7 Å². The molecule has 1 unspecified atom stereocenters. The Labute approximate surface area is 105 Å². The molecular weight excluding hydrogens is 274 g/mol. The van der Waals surface area contributed by atoms with Crippen LogP contribution in [0.4, 0.5) is 0 Å². The van der Waals surface area contributed by atoms with Crippen LogP contribution < -0.4 is 0 Å². The summed E-state index contributed by atoms with van der Waals surface area (Å²) in [6, 6.07) is 0.227. The highest BCUT2D eigenvalue weighted by Gasteiger charge is 2.32. The third-order valence-corrected chi connectivity index (χ3v) is 3.21. The SMILES string of the molecule is C[C@H]1COCCN1C(Br)C(=O)OC(C)(C)C. The van der Waals surface area contributed by atoms with Gasteiger partial charge in [-0.2, -0.15) is 0 Å². The zero-order chi connectivity index (χ0) is 12.3. The number of halogens is 1. The molecule has 0 aliphatic carbocycles.